The molecule has 0 saturated heterocycles. The molecule has 0 saturated carbocycles. The van der Waals surface area contributed by atoms with Crippen LogP contribution in [0.5, 0.6) is 0 Å². The van der Waals surface area contributed by atoms with Gasteiger partial charge in [-0.2, -0.15) is 0 Å². The first-order valence-corrected chi connectivity index (χ1v) is 9.79. The van der Waals surface area contributed by atoms with Gasteiger partial charge in [-0.05, 0) is 30.2 Å². The highest BCUT2D eigenvalue weighted by Gasteiger charge is 2.20. The molecule has 140 valence electrons. The average molecular weight is 386 g/mol. The molecule has 1 aromatic heterocycles. The predicted octanol–water partition coefficient (Wildman–Crippen LogP) is 2.94. The van der Waals surface area contributed by atoms with Gasteiger partial charge >= 0.3 is 0 Å². The lowest BCUT2D eigenvalue weighted by Crippen LogP contribution is -2.12. The SMILES string of the molecule is Cc1ccccc1C(=O)c1cc(F)c(Cc2ccc(S(N)(=O)=O)cc2)n1C. The summed E-state index contributed by atoms with van der Waals surface area (Å²) in [6, 6.07) is 14.3. The van der Waals surface area contributed by atoms with E-state index in [9.17, 15) is 17.6 Å². The molecule has 27 heavy (non-hydrogen) atoms. The van der Waals surface area contributed by atoms with Gasteiger partial charge in [0.15, 0.2) is 0 Å². The molecular weight excluding hydrogens is 367 g/mol. The number of nitrogens with two attached hydrogens (primary N) is 1. The van der Waals surface area contributed by atoms with Crippen LogP contribution in [0.15, 0.2) is 59.5 Å². The van der Waals surface area contributed by atoms with Gasteiger partial charge in [0.2, 0.25) is 15.8 Å². The molecule has 0 amide bonds. The third kappa shape index (κ3) is 3.84. The van der Waals surface area contributed by atoms with Crippen molar-refractivity contribution in [3.05, 3.63) is 88.5 Å². The van der Waals surface area contributed by atoms with Crippen LogP contribution in [0.2, 0.25) is 0 Å². The molecule has 0 atom stereocenters. The van der Waals surface area contributed by atoms with Gasteiger partial charge in [0.25, 0.3) is 0 Å². The van der Waals surface area contributed by atoms with Crippen LogP contribution in [-0.4, -0.2) is 18.8 Å². The van der Waals surface area contributed by atoms with Crippen LogP contribution < -0.4 is 5.14 Å². The Morgan fingerprint density at radius 3 is 2.33 bits per heavy atom. The summed E-state index contributed by atoms with van der Waals surface area (Å²) in [5.74, 6) is -0.727. The first-order chi connectivity index (χ1) is 12.7. The van der Waals surface area contributed by atoms with E-state index in [1.54, 1.807) is 31.3 Å². The van der Waals surface area contributed by atoms with E-state index in [1.807, 2.05) is 19.1 Å². The van der Waals surface area contributed by atoms with E-state index in [2.05, 4.69) is 0 Å². The lowest BCUT2D eigenvalue weighted by molar-refractivity contribution is 0.103. The molecule has 0 aliphatic rings. The number of aromatic nitrogens is 1. The molecule has 1 heterocycles. The monoisotopic (exact) mass is 386 g/mol. The number of carbonyl (C=O) groups is 1. The van der Waals surface area contributed by atoms with Crippen molar-refractivity contribution in [3.63, 3.8) is 0 Å². The molecule has 0 bridgehead atoms. The second-order valence-corrected chi connectivity index (χ2v) is 7.95. The van der Waals surface area contributed by atoms with Crippen LogP contribution in [0.25, 0.3) is 0 Å². The van der Waals surface area contributed by atoms with E-state index < -0.39 is 15.8 Å². The van der Waals surface area contributed by atoms with Gasteiger partial charge in [0.1, 0.15) is 5.82 Å². The Morgan fingerprint density at radius 2 is 1.74 bits per heavy atom. The lowest BCUT2D eigenvalue weighted by atomic mass is 10.0. The highest BCUT2D eigenvalue weighted by molar-refractivity contribution is 7.89. The summed E-state index contributed by atoms with van der Waals surface area (Å²) in [4.78, 5) is 12.8. The number of hydrogen-bond donors (Lipinski definition) is 1. The predicted molar refractivity (Wildman–Crippen MR) is 101 cm³/mol. The summed E-state index contributed by atoms with van der Waals surface area (Å²) in [6.07, 6.45) is 0.217. The number of hydrogen-bond acceptors (Lipinski definition) is 3. The first-order valence-electron chi connectivity index (χ1n) is 8.24. The van der Waals surface area contributed by atoms with Crippen LogP contribution in [0.3, 0.4) is 0 Å². The summed E-state index contributed by atoms with van der Waals surface area (Å²) in [7, 11) is -2.13. The van der Waals surface area contributed by atoms with E-state index in [4.69, 9.17) is 5.14 Å². The number of benzene rings is 2. The van der Waals surface area contributed by atoms with Crippen molar-refractivity contribution in [1.29, 1.82) is 0 Å². The lowest BCUT2D eigenvalue weighted by Gasteiger charge is -2.09. The van der Waals surface area contributed by atoms with Crippen LogP contribution in [-0.2, 0) is 23.5 Å². The quantitative estimate of drug-likeness (QED) is 0.685. The zero-order valence-corrected chi connectivity index (χ0v) is 15.8. The third-order valence-corrected chi connectivity index (χ3v) is 5.48. The molecular formula is C20H19FN2O3S. The zero-order valence-electron chi connectivity index (χ0n) is 14.9. The molecule has 3 rings (SSSR count). The Kier molecular flexibility index (Phi) is 4.99. The van der Waals surface area contributed by atoms with Gasteiger partial charge in [-0.3, -0.25) is 4.79 Å². The highest BCUT2D eigenvalue weighted by Crippen LogP contribution is 2.22. The number of rotatable bonds is 5. The molecule has 0 fully saturated rings. The second kappa shape index (κ2) is 7.09. The smallest absolute Gasteiger partial charge is 0.238 e. The Morgan fingerprint density at radius 1 is 1.11 bits per heavy atom. The third-order valence-electron chi connectivity index (χ3n) is 4.55. The van der Waals surface area contributed by atoms with Crippen molar-refractivity contribution < 1.29 is 17.6 Å². The van der Waals surface area contributed by atoms with Crippen LogP contribution >= 0.6 is 0 Å². The second-order valence-electron chi connectivity index (χ2n) is 6.39. The maximum absolute atomic E-state index is 14.5. The minimum Gasteiger partial charge on any atom is -0.342 e. The van der Waals surface area contributed by atoms with Crippen molar-refractivity contribution in [1.82, 2.24) is 4.57 Å². The summed E-state index contributed by atoms with van der Waals surface area (Å²) >= 11 is 0. The average Bonchev–Trinajstić information content (AvgIpc) is 2.89. The van der Waals surface area contributed by atoms with Gasteiger partial charge in [-0.1, -0.05) is 36.4 Å². The minimum atomic E-state index is -3.77. The van der Waals surface area contributed by atoms with E-state index >= 15 is 0 Å². The molecule has 3 aromatic rings. The maximum Gasteiger partial charge on any atom is 0.238 e. The standard InChI is InChI=1S/C20H19FN2O3S/c1-13-5-3-4-6-16(13)20(24)19-12-17(21)18(23(19)2)11-14-7-9-15(10-8-14)27(22,25)26/h3-10,12H,11H2,1-2H3,(H2,22,25,26). The van der Waals surface area contributed by atoms with Crippen molar-refractivity contribution in [2.45, 2.75) is 18.2 Å². The largest absolute Gasteiger partial charge is 0.342 e. The highest BCUT2D eigenvalue weighted by atomic mass is 32.2. The summed E-state index contributed by atoms with van der Waals surface area (Å²) in [6.45, 7) is 1.83. The van der Waals surface area contributed by atoms with Crippen molar-refractivity contribution >= 4 is 15.8 Å². The van der Waals surface area contributed by atoms with Crippen molar-refractivity contribution in [2.24, 2.45) is 12.2 Å². The molecule has 0 aliphatic heterocycles. The molecule has 2 N–H and O–H groups in total. The fourth-order valence-corrected chi connectivity index (χ4v) is 3.50. The number of aryl methyl sites for hydroxylation is 1. The number of sulfonamides is 1. The fraction of sp³-hybridized carbons (Fsp3) is 0.150. The van der Waals surface area contributed by atoms with Gasteiger partial charge in [0, 0.05) is 25.1 Å². The molecule has 0 radical (unpaired) electrons. The Bertz CT molecular complexity index is 1120. The van der Waals surface area contributed by atoms with E-state index in [-0.39, 0.29) is 22.8 Å². The van der Waals surface area contributed by atoms with E-state index in [1.165, 1.54) is 22.8 Å². The van der Waals surface area contributed by atoms with Crippen LogP contribution in [0.4, 0.5) is 4.39 Å². The van der Waals surface area contributed by atoms with Crippen molar-refractivity contribution in [2.75, 3.05) is 0 Å². The normalized spacial score (nSPS) is 11.6. The molecule has 0 unspecified atom stereocenters. The van der Waals surface area contributed by atoms with E-state index in [0.717, 1.165) is 5.56 Å². The molecule has 7 heteroatoms. The molecule has 2 aromatic carbocycles. The molecule has 0 aliphatic carbocycles. The Labute approximate surface area is 157 Å². The Balaban J connectivity index is 1.92. The number of carbonyl (C=O) groups excluding carboxylic acids is 1. The maximum atomic E-state index is 14.5. The number of ketones is 1. The topological polar surface area (TPSA) is 82.2 Å². The first kappa shape index (κ1) is 19.0. The number of primary sulfonamides is 1. The zero-order chi connectivity index (χ0) is 19.8. The van der Waals surface area contributed by atoms with E-state index in [0.29, 0.717) is 16.8 Å². The Hall–Kier alpha value is -2.77. The number of nitrogens with zero attached hydrogens (tertiary/aromatic N) is 1. The van der Waals surface area contributed by atoms with Gasteiger partial charge in [-0.15, -0.1) is 0 Å². The summed E-state index contributed by atoms with van der Waals surface area (Å²) in [5, 5.41) is 5.08. The van der Waals surface area contributed by atoms with Crippen molar-refractivity contribution in [3.8, 4) is 0 Å². The van der Waals surface area contributed by atoms with Gasteiger partial charge < -0.3 is 4.57 Å². The van der Waals surface area contributed by atoms with Crippen LogP contribution in [0.1, 0.15) is 32.9 Å². The molecule has 0 spiro atoms. The summed E-state index contributed by atoms with van der Waals surface area (Å²) in [5.41, 5.74) is 2.66. The fourth-order valence-electron chi connectivity index (χ4n) is 2.98. The van der Waals surface area contributed by atoms with Gasteiger partial charge in [0.05, 0.1) is 16.3 Å². The molecule has 5 nitrogen and oxygen atoms in total. The van der Waals surface area contributed by atoms with Gasteiger partial charge in [-0.25, -0.2) is 17.9 Å². The minimum absolute atomic E-state index is 0.00553. The number of halogens is 1. The van der Waals surface area contributed by atoms with Crippen LogP contribution in [0, 0.1) is 12.7 Å². The summed E-state index contributed by atoms with van der Waals surface area (Å²) < 4.78 is 38.7.